The highest BCUT2D eigenvalue weighted by atomic mass is 16.6. The van der Waals surface area contributed by atoms with Crippen molar-refractivity contribution >= 4 is 17.1 Å². The van der Waals surface area contributed by atoms with Crippen LogP contribution in [-0.4, -0.2) is 25.1 Å². The summed E-state index contributed by atoms with van der Waals surface area (Å²) in [5, 5.41) is 16.9. The molecule has 0 aliphatic rings. The summed E-state index contributed by atoms with van der Waals surface area (Å²) >= 11 is 0. The van der Waals surface area contributed by atoms with Gasteiger partial charge in [-0.05, 0) is 31.6 Å². The molecule has 17 heavy (non-hydrogen) atoms. The lowest BCUT2D eigenvalue weighted by Gasteiger charge is -2.13. The van der Waals surface area contributed by atoms with Crippen LogP contribution in [0, 0.1) is 16.0 Å². The summed E-state index contributed by atoms with van der Waals surface area (Å²) in [6.07, 6.45) is 0. The third-order valence-electron chi connectivity index (χ3n) is 2.43. The number of hydrogen-bond donors (Lipinski definition) is 3. The minimum absolute atomic E-state index is 0.0566. The van der Waals surface area contributed by atoms with E-state index in [1.807, 2.05) is 7.05 Å². The SMILES string of the molecule is CNCC(C)CNc1ccc([N+](=O)[O-])c(N)c1. The Labute approximate surface area is 100 Å². The van der Waals surface area contributed by atoms with Crippen LogP contribution in [-0.2, 0) is 0 Å². The Balaban J connectivity index is 2.62. The van der Waals surface area contributed by atoms with Crippen LogP contribution >= 0.6 is 0 Å². The Morgan fingerprint density at radius 1 is 1.47 bits per heavy atom. The molecule has 0 aliphatic carbocycles. The predicted molar refractivity (Wildman–Crippen MR) is 69.1 cm³/mol. The second-order valence-corrected chi connectivity index (χ2v) is 4.07. The second kappa shape index (κ2) is 6.05. The number of nitrogens with one attached hydrogen (secondary N) is 2. The fraction of sp³-hybridized carbons (Fsp3) is 0.455. The van der Waals surface area contributed by atoms with Crippen LogP contribution in [0.4, 0.5) is 17.1 Å². The Bertz CT molecular complexity index is 395. The first-order valence-corrected chi connectivity index (χ1v) is 5.47. The monoisotopic (exact) mass is 238 g/mol. The molecule has 4 N–H and O–H groups in total. The van der Waals surface area contributed by atoms with Crippen LogP contribution in [0.3, 0.4) is 0 Å². The quantitative estimate of drug-likeness (QED) is 0.396. The first-order chi connectivity index (χ1) is 8.04. The van der Waals surface area contributed by atoms with Crippen LogP contribution in [0.5, 0.6) is 0 Å². The van der Waals surface area contributed by atoms with Gasteiger partial charge >= 0.3 is 0 Å². The molecular weight excluding hydrogens is 220 g/mol. The first kappa shape index (κ1) is 13.2. The summed E-state index contributed by atoms with van der Waals surface area (Å²) in [5.41, 5.74) is 6.52. The minimum Gasteiger partial charge on any atom is -0.393 e. The molecule has 0 spiro atoms. The van der Waals surface area contributed by atoms with Gasteiger partial charge < -0.3 is 16.4 Å². The maximum Gasteiger partial charge on any atom is 0.292 e. The van der Waals surface area contributed by atoms with E-state index in [1.54, 1.807) is 12.1 Å². The number of nitro benzene ring substituents is 1. The highest BCUT2D eigenvalue weighted by Gasteiger charge is 2.11. The highest BCUT2D eigenvalue weighted by Crippen LogP contribution is 2.24. The van der Waals surface area contributed by atoms with Gasteiger partial charge in [-0.15, -0.1) is 0 Å². The van der Waals surface area contributed by atoms with E-state index in [9.17, 15) is 10.1 Å². The summed E-state index contributed by atoms with van der Waals surface area (Å²) in [6.45, 7) is 3.81. The Morgan fingerprint density at radius 2 is 2.18 bits per heavy atom. The molecule has 0 saturated heterocycles. The molecule has 0 aromatic heterocycles. The normalized spacial score (nSPS) is 12.1. The lowest BCUT2D eigenvalue weighted by atomic mass is 10.1. The third-order valence-corrected chi connectivity index (χ3v) is 2.43. The maximum absolute atomic E-state index is 10.6. The predicted octanol–water partition coefficient (Wildman–Crippen LogP) is 1.44. The molecule has 0 bridgehead atoms. The van der Waals surface area contributed by atoms with E-state index in [1.165, 1.54) is 6.07 Å². The molecule has 1 rings (SSSR count). The van der Waals surface area contributed by atoms with E-state index in [4.69, 9.17) is 5.73 Å². The molecule has 0 aliphatic heterocycles. The minimum atomic E-state index is -0.483. The van der Waals surface area contributed by atoms with Crippen molar-refractivity contribution in [1.29, 1.82) is 0 Å². The second-order valence-electron chi connectivity index (χ2n) is 4.07. The summed E-state index contributed by atoms with van der Waals surface area (Å²) in [5.74, 6) is 0.469. The lowest BCUT2D eigenvalue weighted by molar-refractivity contribution is -0.383. The van der Waals surface area contributed by atoms with Crippen molar-refractivity contribution in [3.05, 3.63) is 28.3 Å². The smallest absolute Gasteiger partial charge is 0.292 e. The highest BCUT2D eigenvalue weighted by molar-refractivity contribution is 5.65. The summed E-state index contributed by atoms with van der Waals surface area (Å²) < 4.78 is 0. The van der Waals surface area contributed by atoms with Gasteiger partial charge in [-0.25, -0.2) is 0 Å². The van der Waals surface area contributed by atoms with Gasteiger partial charge in [0.1, 0.15) is 5.69 Å². The number of hydrogen-bond acceptors (Lipinski definition) is 5. The Kier molecular flexibility index (Phi) is 4.71. The molecule has 94 valence electrons. The van der Waals surface area contributed by atoms with Crippen molar-refractivity contribution in [2.45, 2.75) is 6.92 Å². The number of nitro groups is 1. The molecule has 6 nitrogen and oxygen atoms in total. The Morgan fingerprint density at radius 3 is 2.71 bits per heavy atom. The zero-order valence-corrected chi connectivity index (χ0v) is 10.1. The van der Waals surface area contributed by atoms with Crippen molar-refractivity contribution in [1.82, 2.24) is 5.32 Å². The standard InChI is InChI=1S/C11H18N4O2/c1-8(6-13-2)7-14-9-3-4-11(15(16)17)10(12)5-9/h3-5,8,13-14H,6-7,12H2,1-2H3. The molecule has 1 atom stereocenters. The number of nitrogen functional groups attached to an aromatic ring is 1. The van der Waals surface area contributed by atoms with E-state index in [2.05, 4.69) is 17.6 Å². The number of rotatable bonds is 6. The first-order valence-electron chi connectivity index (χ1n) is 5.47. The van der Waals surface area contributed by atoms with E-state index in [0.717, 1.165) is 18.8 Å². The van der Waals surface area contributed by atoms with E-state index < -0.39 is 4.92 Å². The average Bonchev–Trinajstić information content (AvgIpc) is 2.26. The van der Waals surface area contributed by atoms with Gasteiger partial charge in [-0.2, -0.15) is 0 Å². The van der Waals surface area contributed by atoms with Crippen molar-refractivity contribution < 1.29 is 4.92 Å². The van der Waals surface area contributed by atoms with E-state index >= 15 is 0 Å². The fourth-order valence-electron chi connectivity index (χ4n) is 1.54. The van der Waals surface area contributed by atoms with Gasteiger partial charge in [0.05, 0.1) is 4.92 Å². The van der Waals surface area contributed by atoms with Crippen LogP contribution in [0.25, 0.3) is 0 Å². The Hall–Kier alpha value is -1.82. The zero-order chi connectivity index (χ0) is 12.8. The molecule has 0 saturated carbocycles. The van der Waals surface area contributed by atoms with Crippen LogP contribution in [0.2, 0.25) is 0 Å². The van der Waals surface area contributed by atoms with Gasteiger partial charge in [0, 0.05) is 18.3 Å². The molecule has 1 aromatic rings. The van der Waals surface area contributed by atoms with Crippen LogP contribution in [0.1, 0.15) is 6.92 Å². The van der Waals surface area contributed by atoms with Crippen molar-refractivity contribution in [3.63, 3.8) is 0 Å². The summed E-state index contributed by atoms with van der Waals surface area (Å²) in [7, 11) is 1.90. The average molecular weight is 238 g/mol. The largest absolute Gasteiger partial charge is 0.393 e. The topological polar surface area (TPSA) is 93.2 Å². The van der Waals surface area contributed by atoms with Gasteiger partial charge in [0.25, 0.3) is 5.69 Å². The van der Waals surface area contributed by atoms with E-state index in [-0.39, 0.29) is 11.4 Å². The van der Waals surface area contributed by atoms with Crippen molar-refractivity contribution in [3.8, 4) is 0 Å². The van der Waals surface area contributed by atoms with Crippen LogP contribution < -0.4 is 16.4 Å². The molecular formula is C11H18N4O2. The number of nitrogens with two attached hydrogens (primary N) is 1. The molecule has 0 radical (unpaired) electrons. The van der Waals surface area contributed by atoms with Crippen molar-refractivity contribution in [2.75, 3.05) is 31.2 Å². The number of anilines is 2. The van der Waals surface area contributed by atoms with Gasteiger partial charge in [-0.1, -0.05) is 6.92 Å². The van der Waals surface area contributed by atoms with Crippen LogP contribution in [0.15, 0.2) is 18.2 Å². The third kappa shape index (κ3) is 3.92. The molecule has 0 fully saturated rings. The molecule has 1 unspecified atom stereocenters. The fourth-order valence-corrected chi connectivity index (χ4v) is 1.54. The molecule has 1 aromatic carbocycles. The summed E-state index contributed by atoms with van der Waals surface area (Å²) in [6, 6.07) is 4.67. The lowest BCUT2D eigenvalue weighted by Crippen LogP contribution is -2.22. The van der Waals surface area contributed by atoms with Crippen molar-refractivity contribution in [2.24, 2.45) is 5.92 Å². The summed E-state index contributed by atoms with van der Waals surface area (Å²) in [4.78, 5) is 10.1. The molecule has 0 amide bonds. The number of nitrogens with zero attached hydrogens (tertiary/aromatic N) is 1. The molecule has 6 heteroatoms. The number of benzene rings is 1. The van der Waals surface area contributed by atoms with Gasteiger partial charge in [0.2, 0.25) is 0 Å². The van der Waals surface area contributed by atoms with Gasteiger partial charge in [-0.3, -0.25) is 10.1 Å². The maximum atomic E-state index is 10.6. The molecule has 0 heterocycles. The van der Waals surface area contributed by atoms with E-state index in [0.29, 0.717) is 5.92 Å². The zero-order valence-electron chi connectivity index (χ0n) is 10.1. The van der Waals surface area contributed by atoms with Gasteiger partial charge in [0.15, 0.2) is 0 Å².